The van der Waals surface area contributed by atoms with Gasteiger partial charge in [0.15, 0.2) is 0 Å². The lowest BCUT2D eigenvalue weighted by molar-refractivity contribution is -0.122. The van der Waals surface area contributed by atoms with Crippen molar-refractivity contribution in [2.45, 2.75) is 32.7 Å². The van der Waals surface area contributed by atoms with E-state index in [9.17, 15) is 9.59 Å². The maximum atomic E-state index is 11.7. The molecule has 1 saturated heterocycles. The van der Waals surface area contributed by atoms with Crippen LogP contribution in [0.5, 0.6) is 0 Å². The highest BCUT2D eigenvalue weighted by Gasteiger charge is 2.21. The van der Waals surface area contributed by atoms with Gasteiger partial charge in [-0.05, 0) is 36.6 Å². The van der Waals surface area contributed by atoms with E-state index in [1.807, 2.05) is 36.1 Å². The Labute approximate surface area is 125 Å². The first kappa shape index (κ1) is 15.5. The van der Waals surface area contributed by atoms with Gasteiger partial charge in [0.05, 0.1) is 0 Å². The highest BCUT2D eigenvalue weighted by molar-refractivity contribution is 5.95. The number of nitrogens with zero attached hydrogens (tertiary/aromatic N) is 1. The van der Waals surface area contributed by atoms with Crippen molar-refractivity contribution >= 4 is 17.5 Å². The van der Waals surface area contributed by atoms with E-state index >= 15 is 0 Å². The van der Waals surface area contributed by atoms with Gasteiger partial charge in [0.1, 0.15) is 0 Å². The normalized spacial score (nSPS) is 16.1. The monoisotopic (exact) mass is 289 g/mol. The van der Waals surface area contributed by atoms with Gasteiger partial charge in [-0.2, -0.15) is 0 Å². The van der Waals surface area contributed by atoms with Crippen LogP contribution in [-0.2, 0) is 16.1 Å². The number of hydrogen-bond donors (Lipinski definition) is 2. The summed E-state index contributed by atoms with van der Waals surface area (Å²) in [7, 11) is 0. The van der Waals surface area contributed by atoms with E-state index in [1.54, 1.807) is 0 Å². The maximum absolute atomic E-state index is 11.7. The largest absolute Gasteiger partial charge is 0.352 e. The molecule has 5 heteroatoms. The summed E-state index contributed by atoms with van der Waals surface area (Å²) in [5.41, 5.74) is 7.46. The molecule has 5 nitrogen and oxygen atoms in total. The predicted octanol–water partition coefficient (Wildman–Crippen LogP) is 1.41. The molecular formula is C16H23N3O2. The molecule has 2 rings (SSSR count). The van der Waals surface area contributed by atoms with Crippen LogP contribution in [0.25, 0.3) is 0 Å². The number of amides is 2. The van der Waals surface area contributed by atoms with E-state index in [2.05, 4.69) is 5.32 Å². The zero-order valence-electron chi connectivity index (χ0n) is 12.5. The zero-order chi connectivity index (χ0) is 15.2. The summed E-state index contributed by atoms with van der Waals surface area (Å²) in [4.78, 5) is 25.2. The van der Waals surface area contributed by atoms with Crippen LogP contribution in [0.4, 0.5) is 5.69 Å². The molecule has 0 spiro atoms. The van der Waals surface area contributed by atoms with Crippen molar-refractivity contribution in [2.24, 2.45) is 11.7 Å². The van der Waals surface area contributed by atoms with E-state index in [0.717, 1.165) is 24.2 Å². The molecular weight excluding hydrogens is 266 g/mol. The number of carbonyl (C=O) groups excluding carboxylic acids is 2. The molecule has 21 heavy (non-hydrogen) atoms. The fourth-order valence-corrected chi connectivity index (χ4v) is 2.39. The molecule has 0 radical (unpaired) electrons. The average Bonchev–Trinajstić information content (AvgIpc) is 2.91. The fourth-order valence-electron chi connectivity index (χ4n) is 2.39. The van der Waals surface area contributed by atoms with Crippen molar-refractivity contribution in [3.8, 4) is 0 Å². The summed E-state index contributed by atoms with van der Waals surface area (Å²) in [6.07, 6.45) is 2.02. The van der Waals surface area contributed by atoms with Gasteiger partial charge in [-0.15, -0.1) is 0 Å². The Morgan fingerprint density at radius 1 is 1.38 bits per heavy atom. The minimum atomic E-state index is 0.0201. The van der Waals surface area contributed by atoms with Crippen LogP contribution in [0.2, 0.25) is 0 Å². The van der Waals surface area contributed by atoms with Gasteiger partial charge in [-0.1, -0.05) is 19.1 Å². The van der Waals surface area contributed by atoms with Gasteiger partial charge in [0, 0.05) is 31.6 Å². The zero-order valence-corrected chi connectivity index (χ0v) is 12.5. The summed E-state index contributed by atoms with van der Waals surface area (Å²) < 4.78 is 0. The topological polar surface area (TPSA) is 75.4 Å². The fraction of sp³-hybridized carbons (Fsp3) is 0.500. The van der Waals surface area contributed by atoms with Crippen molar-refractivity contribution in [1.29, 1.82) is 0 Å². The SMILES string of the molecule is CC(CN)CC(=O)NCc1ccc(N2CCCC2=O)cc1. The van der Waals surface area contributed by atoms with Crippen LogP contribution < -0.4 is 16.0 Å². The summed E-state index contributed by atoms with van der Waals surface area (Å²) >= 11 is 0. The lowest BCUT2D eigenvalue weighted by Crippen LogP contribution is -2.27. The number of anilines is 1. The van der Waals surface area contributed by atoms with E-state index in [4.69, 9.17) is 5.73 Å². The Balaban J connectivity index is 1.85. The first-order chi connectivity index (χ1) is 10.1. The van der Waals surface area contributed by atoms with E-state index in [-0.39, 0.29) is 17.7 Å². The van der Waals surface area contributed by atoms with Crippen LogP contribution in [0.15, 0.2) is 24.3 Å². The standard InChI is InChI=1S/C16H23N3O2/c1-12(10-17)9-15(20)18-11-13-4-6-14(7-5-13)19-8-2-3-16(19)21/h4-7,12H,2-3,8-11,17H2,1H3,(H,18,20). The summed E-state index contributed by atoms with van der Waals surface area (Å²) in [6, 6.07) is 7.78. The molecule has 0 bridgehead atoms. The van der Waals surface area contributed by atoms with Crippen LogP contribution >= 0.6 is 0 Å². The van der Waals surface area contributed by atoms with Crippen molar-refractivity contribution in [1.82, 2.24) is 5.32 Å². The van der Waals surface area contributed by atoms with E-state index in [1.165, 1.54) is 0 Å². The summed E-state index contributed by atoms with van der Waals surface area (Å²) in [5, 5.41) is 2.89. The Morgan fingerprint density at radius 3 is 2.67 bits per heavy atom. The molecule has 1 atom stereocenters. The molecule has 3 N–H and O–H groups in total. The third-order valence-electron chi connectivity index (χ3n) is 3.75. The lowest BCUT2D eigenvalue weighted by Gasteiger charge is -2.16. The average molecular weight is 289 g/mol. The van der Waals surface area contributed by atoms with Gasteiger partial charge in [0.25, 0.3) is 0 Å². The van der Waals surface area contributed by atoms with Crippen LogP contribution in [0.3, 0.4) is 0 Å². The second kappa shape index (κ2) is 7.22. The second-order valence-electron chi connectivity index (χ2n) is 5.64. The van der Waals surface area contributed by atoms with E-state index in [0.29, 0.717) is 25.9 Å². The van der Waals surface area contributed by atoms with Gasteiger partial charge < -0.3 is 16.0 Å². The van der Waals surface area contributed by atoms with Crippen molar-refractivity contribution < 1.29 is 9.59 Å². The van der Waals surface area contributed by atoms with Gasteiger partial charge >= 0.3 is 0 Å². The molecule has 2 amide bonds. The molecule has 1 heterocycles. The molecule has 114 valence electrons. The molecule has 0 saturated carbocycles. The molecule has 1 fully saturated rings. The molecule has 1 unspecified atom stereocenters. The maximum Gasteiger partial charge on any atom is 0.227 e. The number of nitrogens with two attached hydrogens (primary N) is 1. The van der Waals surface area contributed by atoms with E-state index < -0.39 is 0 Å². The Morgan fingerprint density at radius 2 is 2.10 bits per heavy atom. The third-order valence-corrected chi connectivity index (χ3v) is 3.75. The first-order valence-electron chi connectivity index (χ1n) is 7.46. The van der Waals surface area contributed by atoms with Gasteiger partial charge in [-0.25, -0.2) is 0 Å². The number of hydrogen-bond acceptors (Lipinski definition) is 3. The van der Waals surface area contributed by atoms with Crippen molar-refractivity contribution in [2.75, 3.05) is 18.0 Å². The van der Waals surface area contributed by atoms with Crippen LogP contribution in [-0.4, -0.2) is 24.9 Å². The number of carbonyl (C=O) groups is 2. The number of nitrogens with one attached hydrogen (secondary N) is 1. The predicted molar refractivity (Wildman–Crippen MR) is 82.7 cm³/mol. The smallest absolute Gasteiger partial charge is 0.227 e. The van der Waals surface area contributed by atoms with Crippen LogP contribution in [0, 0.1) is 5.92 Å². The van der Waals surface area contributed by atoms with Gasteiger partial charge in [0.2, 0.25) is 11.8 Å². The molecule has 1 aromatic carbocycles. The van der Waals surface area contributed by atoms with Crippen molar-refractivity contribution in [3.63, 3.8) is 0 Å². The molecule has 1 aliphatic rings. The minimum absolute atomic E-state index is 0.0201. The lowest BCUT2D eigenvalue weighted by atomic mass is 10.1. The highest BCUT2D eigenvalue weighted by Crippen LogP contribution is 2.21. The number of rotatable bonds is 6. The summed E-state index contributed by atoms with van der Waals surface area (Å²) in [5.74, 6) is 0.409. The quantitative estimate of drug-likeness (QED) is 0.831. The third kappa shape index (κ3) is 4.29. The molecule has 1 aromatic rings. The molecule has 0 aromatic heterocycles. The highest BCUT2D eigenvalue weighted by atomic mass is 16.2. The second-order valence-corrected chi connectivity index (χ2v) is 5.64. The van der Waals surface area contributed by atoms with Crippen molar-refractivity contribution in [3.05, 3.63) is 29.8 Å². The Hall–Kier alpha value is -1.88. The number of benzene rings is 1. The molecule has 0 aliphatic carbocycles. The Bertz CT molecular complexity index is 499. The van der Waals surface area contributed by atoms with Gasteiger partial charge in [-0.3, -0.25) is 9.59 Å². The molecule has 1 aliphatic heterocycles. The minimum Gasteiger partial charge on any atom is -0.352 e. The Kier molecular flexibility index (Phi) is 5.33. The summed E-state index contributed by atoms with van der Waals surface area (Å²) in [6.45, 7) is 3.78. The first-order valence-corrected chi connectivity index (χ1v) is 7.46. The van der Waals surface area contributed by atoms with Crippen LogP contribution in [0.1, 0.15) is 31.7 Å².